The zero-order valence-electron chi connectivity index (χ0n) is 9.52. The Morgan fingerprint density at radius 1 is 1.44 bits per heavy atom. The molecule has 0 spiro atoms. The number of hydrogen-bond acceptors (Lipinski definition) is 6. The van der Waals surface area contributed by atoms with Crippen molar-refractivity contribution in [3.63, 3.8) is 0 Å². The summed E-state index contributed by atoms with van der Waals surface area (Å²) in [7, 11) is -2.27. The highest BCUT2D eigenvalue weighted by molar-refractivity contribution is 8.14. The van der Waals surface area contributed by atoms with E-state index in [0.29, 0.717) is 0 Å². The number of nitro groups is 1. The van der Waals surface area contributed by atoms with Crippen molar-refractivity contribution in [1.29, 1.82) is 0 Å². The minimum Gasteiger partial charge on any atom is -0.258 e. The van der Waals surface area contributed by atoms with Crippen molar-refractivity contribution in [3.05, 3.63) is 28.3 Å². The Morgan fingerprint density at radius 2 is 2.11 bits per heavy atom. The van der Waals surface area contributed by atoms with Crippen molar-refractivity contribution in [2.24, 2.45) is 4.99 Å². The van der Waals surface area contributed by atoms with E-state index in [1.54, 1.807) is 6.26 Å². The molecular formula is C9H9N3O4S2. The van der Waals surface area contributed by atoms with E-state index >= 15 is 0 Å². The van der Waals surface area contributed by atoms with Gasteiger partial charge in [-0.05, 0) is 12.3 Å². The van der Waals surface area contributed by atoms with E-state index < -0.39 is 14.9 Å². The Labute approximate surface area is 108 Å². The molecule has 0 aliphatic carbocycles. The maximum Gasteiger partial charge on any atom is 0.271 e. The molecule has 18 heavy (non-hydrogen) atoms. The van der Waals surface area contributed by atoms with Crippen LogP contribution < -0.4 is 0 Å². The molecule has 1 aliphatic heterocycles. The van der Waals surface area contributed by atoms with Gasteiger partial charge in [0.2, 0.25) is 0 Å². The number of aliphatic imine (C=N–C) groups is 1. The van der Waals surface area contributed by atoms with Gasteiger partial charge >= 0.3 is 0 Å². The summed E-state index contributed by atoms with van der Waals surface area (Å²) in [5, 5.41) is 10.9. The molecule has 7 nitrogen and oxygen atoms in total. The number of fused-ring (bicyclic) bond motifs is 1. The van der Waals surface area contributed by atoms with Crippen molar-refractivity contribution >= 4 is 38.3 Å². The summed E-state index contributed by atoms with van der Waals surface area (Å²) < 4.78 is 25.3. The van der Waals surface area contributed by atoms with Crippen LogP contribution in [-0.4, -0.2) is 36.1 Å². The van der Waals surface area contributed by atoms with Crippen molar-refractivity contribution in [1.82, 2.24) is 4.31 Å². The lowest BCUT2D eigenvalue weighted by Gasteiger charge is -2.24. The monoisotopic (exact) mass is 287 g/mol. The Balaban J connectivity index is 2.71. The SMILES string of the molecule is CSC1=Nc2cc([N+](=O)[O-])ccc2S(=O)(=O)N1C. The highest BCUT2D eigenvalue weighted by atomic mass is 32.2. The Morgan fingerprint density at radius 3 is 2.67 bits per heavy atom. The predicted molar refractivity (Wildman–Crippen MR) is 68.7 cm³/mol. The molecule has 0 radical (unpaired) electrons. The van der Waals surface area contributed by atoms with E-state index in [-0.39, 0.29) is 21.4 Å². The number of nitrogens with zero attached hydrogens (tertiary/aromatic N) is 3. The lowest BCUT2D eigenvalue weighted by Crippen LogP contribution is -2.33. The maximum atomic E-state index is 12.1. The van der Waals surface area contributed by atoms with Gasteiger partial charge in [-0.2, -0.15) is 0 Å². The normalized spacial score (nSPS) is 17.0. The number of benzene rings is 1. The third-order valence-corrected chi connectivity index (χ3v) is 5.10. The van der Waals surface area contributed by atoms with Crippen LogP contribution in [0.15, 0.2) is 28.1 Å². The molecule has 0 saturated heterocycles. The molecule has 2 rings (SSSR count). The molecule has 0 saturated carbocycles. The fourth-order valence-corrected chi connectivity index (χ4v) is 3.64. The second-order valence-corrected chi connectivity index (χ2v) is 6.19. The number of rotatable bonds is 1. The van der Waals surface area contributed by atoms with Gasteiger partial charge in [-0.15, -0.1) is 0 Å². The number of hydrogen-bond donors (Lipinski definition) is 0. The highest BCUT2D eigenvalue weighted by Gasteiger charge is 2.32. The smallest absolute Gasteiger partial charge is 0.258 e. The average molecular weight is 287 g/mol. The van der Waals surface area contributed by atoms with Crippen molar-refractivity contribution in [3.8, 4) is 0 Å². The Hall–Kier alpha value is -1.61. The van der Waals surface area contributed by atoms with E-state index in [0.717, 1.165) is 28.2 Å². The molecule has 0 aromatic heterocycles. The van der Waals surface area contributed by atoms with Gasteiger partial charge in [-0.3, -0.25) is 10.1 Å². The van der Waals surface area contributed by atoms with Gasteiger partial charge in [0.1, 0.15) is 4.90 Å². The molecule has 0 atom stereocenters. The second kappa shape index (κ2) is 4.25. The molecule has 1 aromatic carbocycles. The van der Waals surface area contributed by atoms with Gasteiger partial charge in [0.25, 0.3) is 15.7 Å². The average Bonchev–Trinajstić information content (AvgIpc) is 2.33. The number of thioether (sulfide) groups is 1. The maximum absolute atomic E-state index is 12.1. The Kier molecular flexibility index (Phi) is 3.03. The van der Waals surface area contributed by atoms with Crippen LogP contribution in [0.4, 0.5) is 11.4 Å². The summed E-state index contributed by atoms with van der Waals surface area (Å²) in [6.07, 6.45) is 1.69. The van der Waals surface area contributed by atoms with Crippen LogP contribution in [0.25, 0.3) is 0 Å². The van der Waals surface area contributed by atoms with Crippen molar-refractivity contribution in [2.45, 2.75) is 4.90 Å². The summed E-state index contributed by atoms with van der Waals surface area (Å²) in [5.41, 5.74) is -0.0793. The summed E-state index contributed by atoms with van der Waals surface area (Å²) in [6, 6.07) is 3.53. The first kappa shape index (κ1) is 12.8. The third-order valence-electron chi connectivity index (χ3n) is 2.46. The standard InChI is InChI=1S/C9H9N3O4S2/c1-11-9(17-2)10-7-5-6(12(13)14)3-4-8(7)18(11,15)16/h3-5H,1-2H3. The van der Waals surface area contributed by atoms with Crippen LogP contribution in [0, 0.1) is 10.1 Å². The van der Waals surface area contributed by atoms with E-state index in [4.69, 9.17) is 0 Å². The lowest BCUT2D eigenvalue weighted by molar-refractivity contribution is -0.384. The van der Waals surface area contributed by atoms with E-state index in [1.165, 1.54) is 13.1 Å². The fourth-order valence-electron chi connectivity index (χ4n) is 1.52. The van der Waals surface area contributed by atoms with Gasteiger partial charge < -0.3 is 0 Å². The van der Waals surface area contributed by atoms with Crippen LogP contribution in [-0.2, 0) is 10.0 Å². The molecule has 0 unspecified atom stereocenters. The topological polar surface area (TPSA) is 92.9 Å². The molecule has 0 amide bonds. The van der Waals surface area contributed by atoms with E-state index in [2.05, 4.69) is 4.99 Å². The summed E-state index contributed by atoms with van der Waals surface area (Å²) in [5.74, 6) is 0. The Bertz CT molecular complexity index is 654. The minimum absolute atomic E-state index is 0.0200. The third kappa shape index (κ3) is 1.85. The summed E-state index contributed by atoms with van der Waals surface area (Å²) in [4.78, 5) is 14.2. The first-order valence-corrected chi connectivity index (χ1v) is 7.44. The largest absolute Gasteiger partial charge is 0.271 e. The zero-order chi connectivity index (χ0) is 13.5. The summed E-state index contributed by atoms with van der Waals surface area (Å²) >= 11 is 1.16. The van der Waals surface area contributed by atoms with Gasteiger partial charge in [-0.25, -0.2) is 17.7 Å². The molecule has 0 fully saturated rings. The van der Waals surface area contributed by atoms with Crippen LogP contribution in [0.2, 0.25) is 0 Å². The zero-order valence-corrected chi connectivity index (χ0v) is 11.2. The highest BCUT2D eigenvalue weighted by Crippen LogP contribution is 2.35. The van der Waals surface area contributed by atoms with Crippen molar-refractivity contribution < 1.29 is 13.3 Å². The van der Waals surface area contributed by atoms with Crippen molar-refractivity contribution in [2.75, 3.05) is 13.3 Å². The number of nitro benzene ring substituents is 1. The lowest BCUT2D eigenvalue weighted by atomic mass is 10.3. The fraction of sp³-hybridized carbons (Fsp3) is 0.222. The van der Waals surface area contributed by atoms with E-state index in [9.17, 15) is 18.5 Å². The molecule has 9 heteroatoms. The van der Waals surface area contributed by atoms with E-state index in [1.807, 2.05) is 0 Å². The molecule has 0 N–H and O–H groups in total. The first-order chi connectivity index (χ1) is 8.37. The predicted octanol–water partition coefficient (Wildman–Crippen LogP) is 1.58. The number of non-ortho nitro benzene ring substituents is 1. The molecular weight excluding hydrogens is 278 g/mol. The van der Waals surface area contributed by atoms with Crippen LogP contribution in [0.1, 0.15) is 0 Å². The minimum atomic E-state index is -3.67. The van der Waals surface area contributed by atoms with Crippen LogP contribution in [0.5, 0.6) is 0 Å². The number of sulfonamides is 1. The summed E-state index contributed by atoms with van der Waals surface area (Å²) in [6.45, 7) is 0. The number of amidine groups is 1. The van der Waals surface area contributed by atoms with Gasteiger partial charge in [0.05, 0.1) is 10.6 Å². The van der Waals surface area contributed by atoms with Crippen LogP contribution >= 0.6 is 11.8 Å². The van der Waals surface area contributed by atoms with Gasteiger partial charge in [0, 0.05) is 19.2 Å². The first-order valence-electron chi connectivity index (χ1n) is 4.78. The molecule has 96 valence electrons. The second-order valence-electron chi connectivity index (χ2n) is 3.48. The molecule has 1 aliphatic rings. The molecule has 0 bridgehead atoms. The van der Waals surface area contributed by atoms with Crippen LogP contribution in [0.3, 0.4) is 0 Å². The molecule has 1 aromatic rings. The van der Waals surface area contributed by atoms with Gasteiger partial charge in [0.15, 0.2) is 5.17 Å². The quantitative estimate of drug-likeness (QED) is 0.577. The molecule has 1 heterocycles. The van der Waals surface area contributed by atoms with Gasteiger partial charge in [-0.1, -0.05) is 11.8 Å².